The molecule has 1 aromatic carbocycles. The van der Waals surface area contributed by atoms with E-state index in [-0.39, 0.29) is 31.7 Å². The van der Waals surface area contributed by atoms with Gasteiger partial charge in [0.25, 0.3) is 5.91 Å². The van der Waals surface area contributed by atoms with E-state index in [0.717, 1.165) is 12.3 Å². The molecule has 5 nitrogen and oxygen atoms in total. The summed E-state index contributed by atoms with van der Waals surface area (Å²) in [5.74, 6) is -2.14. The van der Waals surface area contributed by atoms with Gasteiger partial charge in [0, 0.05) is 31.7 Å². The van der Waals surface area contributed by atoms with E-state index in [1.54, 1.807) is 0 Å². The Morgan fingerprint density at radius 2 is 1.70 bits per heavy atom. The average Bonchev–Trinajstić information content (AvgIpc) is 2.45. The second kappa shape index (κ2) is 6.08. The molecule has 0 unspecified atom stereocenters. The first kappa shape index (κ1) is 17.7. The minimum atomic E-state index is -4.89. The SMILES string of the molecule is CS(=O)(=O)N1CCN(C(=O)c2ccc(F)c(C(F)(F)F)c2)CC1. The van der Waals surface area contributed by atoms with E-state index < -0.39 is 33.5 Å². The Morgan fingerprint density at radius 1 is 1.13 bits per heavy atom. The van der Waals surface area contributed by atoms with Gasteiger partial charge >= 0.3 is 6.18 Å². The van der Waals surface area contributed by atoms with Crippen molar-refractivity contribution in [3.05, 3.63) is 35.1 Å². The van der Waals surface area contributed by atoms with Gasteiger partial charge in [-0.15, -0.1) is 0 Å². The number of rotatable bonds is 2. The third-order valence-electron chi connectivity index (χ3n) is 3.51. The first-order valence-corrected chi connectivity index (χ1v) is 8.46. The van der Waals surface area contributed by atoms with Crippen molar-refractivity contribution >= 4 is 15.9 Å². The number of sulfonamides is 1. The number of alkyl halides is 3. The van der Waals surface area contributed by atoms with E-state index in [1.165, 1.54) is 9.21 Å². The molecule has 23 heavy (non-hydrogen) atoms. The smallest absolute Gasteiger partial charge is 0.336 e. The zero-order chi connectivity index (χ0) is 17.4. The van der Waals surface area contributed by atoms with Crippen molar-refractivity contribution in [1.82, 2.24) is 9.21 Å². The fourth-order valence-electron chi connectivity index (χ4n) is 2.28. The summed E-state index contributed by atoms with van der Waals surface area (Å²) in [6, 6.07) is 2.05. The number of carbonyl (C=O) groups is 1. The van der Waals surface area contributed by atoms with Crippen molar-refractivity contribution in [3.8, 4) is 0 Å². The highest BCUT2D eigenvalue weighted by atomic mass is 32.2. The van der Waals surface area contributed by atoms with Gasteiger partial charge in [0.05, 0.1) is 11.8 Å². The molecule has 1 aliphatic rings. The summed E-state index contributed by atoms with van der Waals surface area (Å²) in [6.07, 6.45) is -3.85. The van der Waals surface area contributed by atoms with Gasteiger partial charge in [-0.25, -0.2) is 12.8 Å². The summed E-state index contributed by atoms with van der Waals surface area (Å²) in [5.41, 5.74) is -1.79. The Hall–Kier alpha value is -1.68. The summed E-state index contributed by atoms with van der Waals surface area (Å²) >= 11 is 0. The third-order valence-corrected chi connectivity index (χ3v) is 4.82. The molecule has 0 spiro atoms. The number of piperazine rings is 1. The molecule has 1 aromatic rings. The Morgan fingerprint density at radius 3 is 2.17 bits per heavy atom. The maximum atomic E-state index is 13.2. The molecule has 1 saturated heterocycles. The molecule has 0 atom stereocenters. The van der Waals surface area contributed by atoms with Crippen molar-refractivity contribution in [2.75, 3.05) is 32.4 Å². The number of amides is 1. The first-order chi connectivity index (χ1) is 10.5. The van der Waals surface area contributed by atoms with Gasteiger partial charge in [-0.2, -0.15) is 17.5 Å². The van der Waals surface area contributed by atoms with Crippen molar-refractivity contribution in [2.45, 2.75) is 6.18 Å². The maximum Gasteiger partial charge on any atom is 0.419 e. The Kier molecular flexibility index (Phi) is 4.67. The number of hydrogen-bond acceptors (Lipinski definition) is 3. The predicted molar refractivity (Wildman–Crippen MR) is 73.7 cm³/mol. The Labute approximate surface area is 130 Å². The van der Waals surface area contributed by atoms with Crippen LogP contribution in [-0.2, 0) is 16.2 Å². The Balaban J connectivity index is 2.16. The highest BCUT2D eigenvalue weighted by molar-refractivity contribution is 7.88. The van der Waals surface area contributed by atoms with E-state index in [1.807, 2.05) is 0 Å². The fraction of sp³-hybridized carbons (Fsp3) is 0.462. The number of nitrogens with zero attached hydrogens (tertiary/aromatic N) is 2. The van der Waals surface area contributed by atoms with Crippen molar-refractivity contribution < 1.29 is 30.8 Å². The summed E-state index contributed by atoms with van der Waals surface area (Å²) in [7, 11) is -3.37. The monoisotopic (exact) mass is 354 g/mol. The summed E-state index contributed by atoms with van der Waals surface area (Å²) in [6.45, 7) is 0.255. The quantitative estimate of drug-likeness (QED) is 0.758. The van der Waals surface area contributed by atoms with Gasteiger partial charge < -0.3 is 4.90 Å². The largest absolute Gasteiger partial charge is 0.419 e. The van der Waals surface area contributed by atoms with Crippen molar-refractivity contribution in [3.63, 3.8) is 0 Å². The van der Waals surface area contributed by atoms with Gasteiger partial charge in [-0.3, -0.25) is 4.79 Å². The second-order valence-corrected chi connectivity index (χ2v) is 7.13. The molecule has 1 heterocycles. The van der Waals surface area contributed by atoms with Gasteiger partial charge in [0.15, 0.2) is 0 Å². The lowest BCUT2D eigenvalue weighted by molar-refractivity contribution is -0.140. The van der Waals surface area contributed by atoms with Crippen LogP contribution in [0.4, 0.5) is 17.6 Å². The number of halogens is 4. The molecule has 0 radical (unpaired) electrons. The molecule has 0 saturated carbocycles. The fourth-order valence-corrected chi connectivity index (χ4v) is 3.11. The van der Waals surface area contributed by atoms with Crippen molar-refractivity contribution in [2.24, 2.45) is 0 Å². The summed E-state index contributed by atoms with van der Waals surface area (Å²) < 4.78 is 75.2. The number of benzene rings is 1. The zero-order valence-electron chi connectivity index (χ0n) is 12.1. The van der Waals surface area contributed by atoms with Crippen LogP contribution in [0.15, 0.2) is 18.2 Å². The van der Waals surface area contributed by atoms with Crippen LogP contribution in [0, 0.1) is 5.82 Å². The minimum Gasteiger partial charge on any atom is -0.336 e. The number of carbonyl (C=O) groups excluding carboxylic acids is 1. The van der Waals surface area contributed by atoms with Crippen LogP contribution in [0.25, 0.3) is 0 Å². The highest BCUT2D eigenvalue weighted by Gasteiger charge is 2.35. The molecule has 0 bridgehead atoms. The van der Waals surface area contributed by atoms with Gasteiger partial charge in [0.1, 0.15) is 5.82 Å². The normalized spacial score (nSPS) is 17.3. The molecular weight excluding hydrogens is 340 g/mol. The summed E-state index contributed by atoms with van der Waals surface area (Å²) in [4.78, 5) is 13.5. The first-order valence-electron chi connectivity index (χ1n) is 6.61. The molecule has 10 heteroatoms. The molecule has 2 rings (SSSR count). The lowest BCUT2D eigenvalue weighted by atomic mass is 10.1. The maximum absolute atomic E-state index is 13.2. The van der Waals surface area contributed by atoms with Gasteiger partial charge in [-0.1, -0.05) is 0 Å². The molecule has 128 valence electrons. The van der Waals surface area contributed by atoms with E-state index in [4.69, 9.17) is 0 Å². The van der Waals surface area contributed by atoms with E-state index in [2.05, 4.69) is 0 Å². The van der Waals surface area contributed by atoms with Crippen LogP contribution in [0.3, 0.4) is 0 Å². The number of hydrogen-bond donors (Lipinski definition) is 0. The van der Waals surface area contributed by atoms with E-state index >= 15 is 0 Å². The molecule has 1 amide bonds. The lowest BCUT2D eigenvalue weighted by Gasteiger charge is -2.33. The average molecular weight is 354 g/mol. The molecule has 1 fully saturated rings. The van der Waals surface area contributed by atoms with Crippen molar-refractivity contribution in [1.29, 1.82) is 0 Å². The van der Waals surface area contributed by atoms with Crippen LogP contribution in [-0.4, -0.2) is 56.0 Å². The molecular formula is C13H14F4N2O3S. The van der Waals surface area contributed by atoms with Crippen LogP contribution < -0.4 is 0 Å². The standard InChI is InChI=1S/C13H14F4N2O3S/c1-23(21,22)19-6-4-18(5-7-19)12(20)9-2-3-11(14)10(8-9)13(15,16)17/h2-3,8H,4-7H2,1H3. The zero-order valence-corrected chi connectivity index (χ0v) is 12.9. The van der Waals surface area contributed by atoms with Crippen LogP contribution in [0.1, 0.15) is 15.9 Å². The molecule has 0 aliphatic carbocycles. The third kappa shape index (κ3) is 3.99. The lowest BCUT2D eigenvalue weighted by Crippen LogP contribution is -2.50. The highest BCUT2D eigenvalue weighted by Crippen LogP contribution is 2.32. The second-order valence-electron chi connectivity index (χ2n) is 5.15. The van der Waals surface area contributed by atoms with E-state index in [9.17, 15) is 30.8 Å². The summed E-state index contributed by atoms with van der Waals surface area (Å²) in [5, 5.41) is 0. The van der Waals surface area contributed by atoms with Crippen LogP contribution in [0.2, 0.25) is 0 Å². The van der Waals surface area contributed by atoms with Gasteiger partial charge in [0.2, 0.25) is 10.0 Å². The predicted octanol–water partition coefficient (Wildman–Crippen LogP) is 1.56. The molecule has 1 aliphatic heterocycles. The van der Waals surface area contributed by atoms with Crippen LogP contribution in [0.5, 0.6) is 0 Å². The molecule has 0 N–H and O–H groups in total. The topological polar surface area (TPSA) is 57.7 Å². The van der Waals surface area contributed by atoms with E-state index in [0.29, 0.717) is 12.1 Å². The Bertz CT molecular complexity index is 710. The molecule has 0 aromatic heterocycles. The van der Waals surface area contributed by atoms with Gasteiger partial charge in [-0.05, 0) is 18.2 Å². The van der Waals surface area contributed by atoms with Crippen LogP contribution >= 0.6 is 0 Å². The minimum absolute atomic E-state index is 0.0601.